The normalized spacial score (nSPS) is 10.8. The molecular formula is C21H31IN4O3. The molecule has 0 saturated carbocycles. The Bertz CT molecular complexity index is 776. The van der Waals surface area contributed by atoms with Crippen LogP contribution in [0.5, 0.6) is 5.75 Å². The number of guanidine groups is 1. The molecule has 0 aliphatic carbocycles. The fourth-order valence-electron chi connectivity index (χ4n) is 2.64. The number of amides is 1. The SMILES string of the molecule is COc1ccc(C)cc1CCNC(=NCC(=O)N(C)C)NCCc1ccco1.I. The summed E-state index contributed by atoms with van der Waals surface area (Å²) in [6, 6.07) is 9.94. The van der Waals surface area contributed by atoms with E-state index in [1.807, 2.05) is 24.3 Å². The molecule has 29 heavy (non-hydrogen) atoms. The second-order valence-corrected chi connectivity index (χ2v) is 6.70. The van der Waals surface area contributed by atoms with Crippen molar-refractivity contribution in [2.75, 3.05) is 40.8 Å². The maximum atomic E-state index is 11.9. The van der Waals surface area contributed by atoms with Crippen LogP contribution in [0.25, 0.3) is 0 Å². The van der Waals surface area contributed by atoms with Crippen LogP contribution in [-0.4, -0.2) is 57.6 Å². The van der Waals surface area contributed by atoms with Gasteiger partial charge in [-0.3, -0.25) is 4.79 Å². The summed E-state index contributed by atoms with van der Waals surface area (Å²) < 4.78 is 10.8. The molecule has 0 fully saturated rings. The van der Waals surface area contributed by atoms with Gasteiger partial charge in [0, 0.05) is 33.6 Å². The number of benzene rings is 1. The Hall–Kier alpha value is -2.23. The van der Waals surface area contributed by atoms with Crippen molar-refractivity contribution < 1.29 is 13.9 Å². The van der Waals surface area contributed by atoms with Gasteiger partial charge in [-0.15, -0.1) is 24.0 Å². The molecule has 7 nitrogen and oxygen atoms in total. The third-order valence-corrected chi connectivity index (χ3v) is 4.24. The zero-order valence-electron chi connectivity index (χ0n) is 17.5. The molecule has 0 aliphatic rings. The first-order valence-corrected chi connectivity index (χ1v) is 9.38. The molecule has 160 valence electrons. The highest BCUT2D eigenvalue weighted by Gasteiger charge is 2.07. The van der Waals surface area contributed by atoms with Gasteiger partial charge >= 0.3 is 0 Å². The molecule has 0 spiro atoms. The van der Waals surface area contributed by atoms with Crippen molar-refractivity contribution in [3.05, 3.63) is 53.5 Å². The van der Waals surface area contributed by atoms with Crippen molar-refractivity contribution in [2.24, 2.45) is 4.99 Å². The summed E-state index contributed by atoms with van der Waals surface area (Å²) in [5, 5.41) is 6.55. The number of carbonyl (C=O) groups is 1. The number of hydrogen-bond donors (Lipinski definition) is 2. The van der Waals surface area contributed by atoms with E-state index >= 15 is 0 Å². The molecule has 0 aliphatic heterocycles. The lowest BCUT2D eigenvalue weighted by Gasteiger charge is -2.14. The molecule has 2 aromatic rings. The predicted molar refractivity (Wildman–Crippen MR) is 126 cm³/mol. The van der Waals surface area contributed by atoms with Crippen molar-refractivity contribution in [3.63, 3.8) is 0 Å². The topological polar surface area (TPSA) is 79.1 Å². The van der Waals surface area contributed by atoms with E-state index in [4.69, 9.17) is 9.15 Å². The molecule has 8 heteroatoms. The van der Waals surface area contributed by atoms with E-state index in [1.54, 1.807) is 27.5 Å². The lowest BCUT2D eigenvalue weighted by Crippen LogP contribution is -2.40. The number of hydrogen-bond acceptors (Lipinski definition) is 4. The van der Waals surface area contributed by atoms with E-state index in [0.29, 0.717) is 19.0 Å². The Morgan fingerprint density at radius 3 is 2.52 bits per heavy atom. The largest absolute Gasteiger partial charge is 0.496 e. The van der Waals surface area contributed by atoms with Gasteiger partial charge in [-0.2, -0.15) is 0 Å². The standard InChI is InChI=1S/C21H30N4O3.HI/c1-16-7-8-19(27-4)17(14-16)9-11-22-21(24-15-20(26)25(2)3)23-12-10-18-6-5-13-28-18;/h5-8,13-14H,9-12,15H2,1-4H3,(H2,22,23,24);1H. The summed E-state index contributed by atoms with van der Waals surface area (Å²) in [5.41, 5.74) is 2.33. The third-order valence-electron chi connectivity index (χ3n) is 4.24. The summed E-state index contributed by atoms with van der Waals surface area (Å²) in [6.45, 7) is 3.48. The molecule has 1 aromatic carbocycles. The van der Waals surface area contributed by atoms with Crippen LogP contribution in [0.1, 0.15) is 16.9 Å². The molecule has 0 saturated heterocycles. The Balaban J connectivity index is 0.00000420. The monoisotopic (exact) mass is 514 g/mol. The van der Waals surface area contributed by atoms with Crippen molar-refractivity contribution >= 4 is 35.8 Å². The Morgan fingerprint density at radius 1 is 1.17 bits per heavy atom. The smallest absolute Gasteiger partial charge is 0.243 e. The van der Waals surface area contributed by atoms with Gasteiger partial charge in [0.1, 0.15) is 18.1 Å². The first-order chi connectivity index (χ1) is 13.5. The van der Waals surface area contributed by atoms with Crippen molar-refractivity contribution in [1.82, 2.24) is 15.5 Å². The molecule has 0 radical (unpaired) electrons. The van der Waals surface area contributed by atoms with E-state index in [2.05, 4.69) is 28.6 Å². The van der Waals surface area contributed by atoms with Gasteiger partial charge in [-0.05, 0) is 37.1 Å². The van der Waals surface area contributed by atoms with Crippen LogP contribution in [0.2, 0.25) is 0 Å². The zero-order chi connectivity index (χ0) is 20.4. The Labute approximate surface area is 189 Å². The van der Waals surface area contributed by atoms with Gasteiger partial charge in [-0.1, -0.05) is 17.7 Å². The maximum absolute atomic E-state index is 11.9. The van der Waals surface area contributed by atoms with E-state index in [0.717, 1.165) is 29.9 Å². The van der Waals surface area contributed by atoms with Gasteiger partial charge < -0.3 is 24.7 Å². The van der Waals surface area contributed by atoms with Crippen LogP contribution >= 0.6 is 24.0 Å². The van der Waals surface area contributed by atoms with Gasteiger partial charge in [-0.25, -0.2) is 4.99 Å². The summed E-state index contributed by atoms with van der Waals surface area (Å²) >= 11 is 0. The summed E-state index contributed by atoms with van der Waals surface area (Å²) in [6.07, 6.45) is 3.18. The average Bonchev–Trinajstić information content (AvgIpc) is 3.19. The number of ether oxygens (including phenoxy) is 1. The van der Waals surface area contributed by atoms with Gasteiger partial charge in [0.2, 0.25) is 5.91 Å². The molecule has 2 N–H and O–H groups in total. The number of aliphatic imine (C=N–C) groups is 1. The highest BCUT2D eigenvalue weighted by Crippen LogP contribution is 2.19. The van der Waals surface area contributed by atoms with Crippen LogP contribution in [0, 0.1) is 6.92 Å². The molecule has 0 atom stereocenters. The first-order valence-electron chi connectivity index (χ1n) is 9.38. The molecular weight excluding hydrogens is 483 g/mol. The number of furan rings is 1. The minimum absolute atomic E-state index is 0. The lowest BCUT2D eigenvalue weighted by molar-refractivity contribution is -0.127. The molecule has 1 aromatic heterocycles. The van der Waals surface area contributed by atoms with Crippen molar-refractivity contribution in [1.29, 1.82) is 0 Å². The van der Waals surface area contributed by atoms with Crippen molar-refractivity contribution in [3.8, 4) is 5.75 Å². The van der Waals surface area contributed by atoms with Gasteiger partial charge in [0.05, 0.1) is 13.4 Å². The number of nitrogens with one attached hydrogen (secondary N) is 2. The molecule has 1 amide bonds. The second kappa shape index (κ2) is 13.1. The highest BCUT2D eigenvalue weighted by atomic mass is 127. The van der Waals surface area contributed by atoms with E-state index in [9.17, 15) is 4.79 Å². The summed E-state index contributed by atoms with van der Waals surface area (Å²) in [4.78, 5) is 17.8. The third kappa shape index (κ3) is 8.76. The molecule has 1 heterocycles. The minimum Gasteiger partial charge on any atom is -0.496 e. The first kappa shape index (κ1) is 24.8. The quantitative estimate of drug-likeness (QED) is 0.306. The van der Waals surface area contributed by atoms with Gasteiger partial charge in [0.15, 0.2) is 5.96 Å². The zero-order valence-corrected chi connectivity index (χ0v) is 19.9. The van der Waals surface area contributed by atoms with Gasteiger partial charge in [0.25, 0.3) is 0 Å². The van der Waals surface area contributed by atoms with Crippen molar-refractivity contribution in [2.45, 2.75) is 19.8 Å². The molecule has 0 bridgehead atoms. The van der Waals surface area contributed by atoms with E-state index < -0.39 is 0 Å². The number of likely N-dealkylation sites (N-methyl/N-ethyl adjacent to an activating group) is 1. The van der Waals surface area contributed by atoms with E-state index in [-0.39, 0.29) is 36.4 Å². The predicted octanol–water partition coefficient (Wildman–Crippen LogP) is 2.62. The van der Waals surface area contributed by atoms with Crippen LogP contribution in [0.15, 0.2) is 46.0 Å². The van der Waals surface area contributed by atoms with Crippen LogP contribution in [0.3, 0.4) is 0 Å². The number of methoxy groups -OCH3 is 1. The Morgan fingerprint density at radius 2 is 1.90 bits per heavy atom. The van der Waals surface area contributed by atoms with Crippen LogP contribution in [-0.2, 0) is 17.6 Å². The minimum atomic E-state index is -0.0486. The molecule has 2 rings (SSSR count). The second-order valence-electron chi connectivity index (χ2n) is 6.70. The summed E-state index contributed by atoms with van der Waals surface area (Å²) in [5.74, 6) is 2.33. The fraction of sp³-hybridized carbons (Fsp3) is 0.429. The average molecular weight is 514 g/mol. The maximum Gasteiger partial charge on any atom is 0.243 e. The lowest BCUT2D eigenvalue weighted by atomic mass is 10.1. The Kier molecular flexibility index (Phi) is 11.2. The number of nitrogens with zero attached hydrogens (tertiary/aromatic N) is 2. The number of aryl methyl sites for hydroxylation is 1. The highest BCUT2D eigenvalue weighted by molar-refractivity contribution is 14.0. The number of rotatable bonds is 9. The summed E-state index contributed by atoms with van der Waals surface area (Å²) in [7, 11) is 5.12. The van der Waals surface area contributed by atoms with Crippen LogP contribution in [0.4, 0.5) is 0 Å². The van der Waals surface area contributed by atoms with E-state index in [1.165, 1.54) is 10.5 Å². The number of carbonyl (C=O) groups excluding carboxylic acids is 1. The fourth-order valence-corrected chi connectivity index (χ4v) is 2.64. The number of halogens is 1. The van der Waals surface area contributed by atoms with Crippen LogP contribution < -0.4 is 15.4 Å². The molecule has 0 unspecified atom stereocenters.